The molecule has 1 aliphatic rings. The minimum absolute atomic E-state index is 0.0125. The molecule has 5 rings (SSSR count). The lowest BCUT2D eigenvalue weighted by Gasteiger charge is -2.35. The molecule has 0 amide bonds. The molecule has 0 N–H and O–H groups in total. The van der Waals surface area contributed by atoms with Crippen LogP contribution in [0.25, 0.3) is 21.7 Å². The summed E-state index contributed by atoms with van der Waals surface area (Å²) in [5.74, 6) is 0. The minimum atomic E-state index is 0.0125. The maximum Gasteiger partial charge on any atom is 0.274 e. The van der Waals surface area contributed by atoms with Gasteiger partial charge in [-0.2, -0.15) is 9.47 Å². The van der Waals surface area contributed by atoms with E-state index in [0.29, 0.717) is 6.54 Å². The molecular weight excluding hydrogens is 394 g/mol. The molecule has 7 heteroatoms. The second kappa shape index (κ2) is 8.53. The van der Waals surface area contributed by atoms with Crippen LogP contribution in [0.1, 0.15) is 12.8 Å². The Labute approximate surface area is 179 Å². The van der Waals surface area contributed by atoms with Crippen molar-refractivity contribution in [1.29, 1.82) is 0 Å². The van der Waals surface area contributed by atoms with Crippen LogP contribution >= 0.6 is 11.5 Å². The van der Waals surface area contributed by atoms with Gasteiger partial charge in [-0.3, -0.25) is 9.69 Å². The monoisotopic (exact) mass is 419 g/mol. The van der Waals surface area contributed by atoms with Crippen LogP contribution in [-0.2, 0) is 6.54 Å². The summed E-state index contributed by atoms with van der Waals surface area (Å²) in [6.45, 7) is 5.96. The van der Waals surface area contributed by atoms with E-state index in [-0.39, 0.29) is 5.56 Å². The van der Waals surface area contributed by atoms with Crippen molar-refractivity contribution in [3.63, 3.8) is 0 Å². The molecule has 0 atom stereocenters. The van der Waals surface area contributed by atoms with Crippen molar-refractivity contribution in [3.05, 3.63) is 65.1 Å². The normalized spacial score (nSPS) is 15.3. The molecule has 2 aromatic heterocycles. The van der Waals surface area contributed by atoms with Gasteiger partial charge in [0.05, 0.1) is 17.1 Å². The quantitative estimate of drug-likeness (QED) is 0.447. The highest BCUT2D eigenvalue weighted by molar-refractivity contribution is 7.11. The second-order valence-corrected chi connectivity index (χ2v) is 8.55. The van der Waals surface area contributed by atoms with Gasteiger partial charge in [0.1, 0.15) is 5.00 Å². The molecule has 1 saturated heterocycles. The zero-order chi connectivity index (χ0) is 20.3. The van der Waals surface area contributed by atoms with Crippen LogP contribution < -0.4 is 10.5 Å². The summed E-state index contributed by atoms with van der Waals surface area (Å²) < 4.78 is 6.19. The third-order valence-corrected chi connectivity index (χ3v) is 6.82. The van der Waals surface area contributed by atoms with Crippen LogP contribution in [0, 0.1) is 0 Å². The first-order valence-electron chi connectivity index (χ1n) is 10.6. The predicted molar refractivity (Wildman–Crippen MR) is 124 cm³/mol. The third-order valence-electron chi connectivity index (χ3n) is 5.88. The lowest BCUT2D eigenvalue weighted by atomic mass is 10.2. The molecule has 0 bridgehead atoms. The Balaban J connectivity index is 1.11. The van der Waals surface area contributed by atoms with Crippen LogP contribution in [0.2, 0.25) is 0 Å². The molecule has 0 spiro atoms. The van der Waals surface area contributed by atoms with Crippen molar-refractivity contribution in [3.8, 4) is 0 Å². The second-order valence-electron chi connectivity index (χ2n) is 7.80. The van der Waals surface area contributed by atoms with E-state index in [4.69, 9.17) is 0 Å². The van der Waals surface area contributed by atoms with E-state index in [1.165, 1.54) is 10.4 Å². The van der Waals surface area contributed by atoms with Gasteiger partial charge in [0.15, 0.2) is 0 Å². The van der Waals surface area contributed by atoms with Crippen LogP contribution in [0.15, 0.2) is 59.5 Å². The summed E-state index contributed by atoms with van der Waals surface area (Å²) in [7, 11) is 0. The molecule has 0 unspecified atom stereocenters. The summed E-state index contributed by atoms with van der Waals surface area (Å²) in [6, 6.07) is 16.0. The van der Waals surface area contributed by atoms with E-state index in [0.717, 1.165) is 61.9 Å². The number of nitrogens with zero attached hydrogens (tertiary/aromatic N) is 5. The molecule has 4 aromatic rings. The molecule has 3 heterocycles. The largest absolute Gasteiger partial charge is 0.359 e. The number of aromatic nitrogens is 3. The smallest absolute Gasteiger partial charge is 0.274 e. The highest BCUT2D eigenvalue weighted by atomic mass is 32.1. The molecule has 0 aliphatic carbocycles. The zero-order valence-corrected chi connectivity index (χ0v) is 17.7. The van der Waals surface area contributed by atoms with Crippen molar-refractivity contribution in [1.82, 2.24) is 19.1 Å². The summed E-state index contributed by atoms with van der Waals surface area (Å²) in [4.78, 5) is 17.5. The van der Waals surface area contributed by atoms with E-state index in [1.54, 1.807) is 22.4 Å². The average molecular weight is 420 g/mol. The van der Waals surface area contributed by atoms with E-state index in [2.05, 4.69) is 37.5 Å². The van der Waals surface area contributed by atoms with Crippen LogP contribution in [0.5, 0.6) is 0 Å². The van der Waals surface area contributed by atoms with Crippen molar-refractivity contribution < 1.29 is 0 Å². The van der Waals surface area contributed by atoms with Gasteiger partial charge < -0.3 is 4.90 Å². The van der Waals surface area contributed by atoms with Crippen LogP contribution in [0.3, 0.4) is 0 Å². The van der Waals surface area contributed by atoms with E-state index >= 15 is 0 Å². The number of unbranched alkanes of at least 4 members (excludes halogenated alkanes) is 1. The number of anilines is 1. The summed E-state index contributed by atoms with van der Waals surface area (Å²) in [5, 5.41) is 8.56. The summed E-state index contributed by atoms with van der Waals surface area (Å²) in [5.41, 5.74) is 1.11. The van der Waals surface area contributed by atoms with Gasteiger partial charge in [-0.05, 0) is 49.1 Å². The van der Waals surface area contributed by atoms with Crippen molar-refractivity contribution in [2.45, 2.75) is 19.4 Å². The Morgan fingerprint density at radius 1 is 0.867 bits per heavy atom. The molecule has 2 aromatic carbocycles. The average Bonchev–Trinajstić information content (AvgIpc) is 3.23. The Hall–Kier alpha value is -2.77. The molecule has 1 fully saturated rings. The first-order chi connectivity index (χ1) is 14.8. The predicted octanol–water partition coefficient (Wildman–Crippen LogP) is 3.61. The fourth-order valence-corrected chi connectivity index (χ4v) is 5.08. The Kier molecular flexibility index (Phi) is 5.46. The maximum absolute atomic E-state index is 12.5. The van der Waals surface area contributed by atoms with Gasteiger partial charge in [0.2, 0.25) is 0 Å². The fraction of sp³-hybridized carbons (Fsp3) is 0.348. The van der Waals surface area contributed by atoms with Crippen molar-refractivity contribution in [2.24, 2.45) is 0 Å². The van der Waals surface area contributed by atoms with E-state index < -0.39 is 0 Å². The van der Waals surface area contributed by atoms with Gasteiger partial charge in [0, 0.05) is 43.5 Å². The van der Waals surface area contributed by atoms with Crippen molar-refractivity contribution in [2.75, 3.05) is 37.6 Å². The highest BCUT2D eigenvalue weighted by Gasteiger charge is 2.20. The lowest BCUT2D eigenvalue weighted by molar-refractivity contribution is 0.251. The molecule has 30 heavy (non-hydrogen) atoms. The zero-order valence-electron chi connectivity index (χ0n) is 16.9. The standard InChI is InChI=1S/C23H25N5OS/c29-22-19-8-2-1-7-18(19)17-24-28(22)12-6-5-11-26-13-15-27(16-14-26)23-20-9-3-4-10-21(20)25-30-23/h1-4,7-10,17H,5-6,11-16H2. The molecule has 0 radical (unpaired) electrons. The number of piperazine rings is 1. The number of fused-ring (bicyclic) bond motifs is 2. The van der Waals surface area contributed by atoms with E-state index in [9.17, 15) is 4.79 Å². The Morgan fingerprint density at radius 2 is 1.60 bits per heavy atom. The number of benzene rings is 2. The molecule has 154 valence electrons. The fourth-order valence-electron chi connectivity index (χ4n) is 4.16. The number of hydrogen-bond acceptors (Lipinski definition) is 6. The van der Waals surface area contributed by atoms with Crippen LogP contribution in [0.4, 0.5) is 5.00 Å². The number of hydrogen-bond donors (Lipinski definition) is 0. The topological polar surface area (TPSA) is 54.3 Å². The Morgan fingerprint density at radius 3 is 2.47 bits per heavy atom. The SMILES string of the molecule is O=c1c2ccccc2cnn1CCCCN1CCN(c2snc3ccccc23)CC1. The van der Waals surface area contributed by atoms with Gasteiger partial charge in [0.25, 0.3) is 5.56 Å². The Bertz CT molecular complexity index is 1210. The van der Waals surface area contributed by atoms with E-state index in [1.807, 2.05) is 30.3 Å². The molecule has 1 aliphatic heterocycles. The summed E-state index contributed by atoms with van der Waals surface area (Å²) >= 11 is 1.61. The first kappa shape index (κ1) is 19.2. The summed E-state index contributed by atoms with van der Waals surface area (Å²) in [6.07, 6.45) is 3.83. The highest BCUT2D eigenvalue weighted by Crippen LogP contribution is 2.31. The van der Waals surface area contributed by atoms with Gasteiger partial charge in [-0.25, -0.2) is 4.68 Å². The molecule has 0 saturated carbocycles. The maximum atomic E-state index is 12.5. The molecule has 6 nitrogen and oxygen atoms in total. The van der Waals surface area contributed by atoms with Gasteiger partial charge >= 0.3 is 0 Å². The van der Waals surface area contributed by atoms with Crippen molar-refractivity contribution >= 4 is 38.2 Å². The third kappa shape index (κ3) is 3.82. The minimum Gasteiger partial charge on any atom is -0.359 e. The lowest BCUT2D eigenvalue weighted by Crippen LogP contribution is -2.46. The number of rotatable bonds is 6. The van der Waals surface area contributed by atoms with Gasteiger partial charge in [-0.15, -0.1) is 0 Å². The van der Waals surface area contributed by atoms with Crippen LogP contribution in [-0.4, -0.2) is 51.8 Å². The number of aryl methyl sites for hydroxylation is 1. The molecular formula is C23H25N5OS. The first-order valence-corrected chi connectivity index (χ1v) is 11.3. The van der Waals surface area contributed by atoms with Gasteiger partial charge in [-0.1, -0.05) is 30.3 Å².